The van der Waals surface area contributed by atoms with Crippen molar-refractivity contribution >= 4 is 40.7 Å². The van der Waals surface area contributed by atoms with E-state index in [-0.39, 0.29) is 18.6 Å². The summed E-state index contributed by atoms with van der Waals surface area (Å²) in [7, 11) is 1.52. The highest BCUT2D eigenvalue weighted by Gasteiger charge is 2.45. The summed E-state index contributed by atoms with van der Waals surface area (Å²) in [6, 6.07) is 12.4. The maximum absolute atomic E-state index is 14.1. The molecule has 4 aromatic rings. The number of fused-ring (bicyclic) bond motifs is 1. The lowest BCUT2D eigenvalue weighted by atomic mass is 10.0. The minimum atomic E-state index is -0.483. The number of aliphatic hydroxyl groups excluding tert-OH is 1. The van der Waals surface area contributed by atoms with E-state index in [0.717, 1.165) is 16.8 Å². The number of rotatable bonds is 8. The standard InChI is InChI=1S/C28H28Cl2N6O3/c1-15(2)35-24-22(33-25(35)20-14-32-28(31-11-12-37)34-26(20)39-4)27(38)36(21-13-19(30)8-5-16(21)3)23(24)17-6-9-18(29)10-7-17/h5-10,13-15,23,37H,11-12H2,1-4H3,(H,31,32,34). The van der Waals surface area contributed by atoms with Gasteiger partial charge in [0.2, 0.25) is 11.8 Å². The van der Waals surface area contributed by atoms with E-state index in [1.54, 1.807) is 23.2 Å². The molecule has 3 heterocycles. The molecule has 1 atom stereocenters. The molecule has 2 aromatic heterocycles. The number of halogens is 2. The zero-order valence-corrected chi connectivity index (χ0v) is 23.5. The number of amides is 1. The van der Waals surface area contributed by atoms with Crippen LogP contribution in [0.4, 0.5) is 11.6 Å². The molecule has 5 rings (SSSR count). The summed E-state index contributed by atoms with van der Waals surface area (Å²) in [6.45, 7) is 6.26. The van der Waals surface area contributed by atoms with E-state index in [0.29, 0.717) is 51.2 Å². The maximum atomic E-state index is 14.1. The molecule has 2 N–H and O–H groups in total. The first-order valence-electron chi connectivity index (χ1n) is 12.5. The summed E-state index contributed by atoms with van der Waals surface area (Å²) >= 11 is 12.6. The van der Waals surface area contributed by atoms with E-state index in [9.17, 15) is 4.79 Å². The molecule has 0 bridgehead atoms. The molecule has 1 unspecified atom stereocenters. The van der Waals surface area contributed by atoms with Crippen molar-refractivity contribution in [2.75, 3.05) is 30.5 Å². The molecule has 1 aliphatic heterocycles. The number of ether oxygens (including phenoxy) is 1. The predicted molar refractivity (Wildman–Crippen MR) is 152 cm³/mol. The van der Waals surface area contributed by atoms with Gasteiger partial charge in [0.25, 0.3) is 5.91 Å². The quantitative estimate of drug-likeness (QED) is 0.282. The molecule has 9 nitrogen and oxygen atoms in total. The summed E-state index contributed by atoms with van der Waals surface area (Å²) in [4.78, 5) is 29.6. The monoisotopic (exact) mass is 566 g/mol. The second-order valence-corrected chi connectivity index (χ2v) is 10.3. The zero-order chi connectivity index (χ0) is 27.8. The summed E-state index contributed by atoms with van der Waals surface area (Å²) in [6.07, 6.45) is 1.61. The minimum Gasteiger partial charge on any atom is -0.480 e. The van der Waals surface area contributed by atoms with E-state index < -0.39 is 6.04 Å². The highest BCUT2D eigenvalue weighted by molar-refractivity contribution is 6.31. The first-order chi connectivity index (χ1) is 18.7. The lowest BCUT2D eigenvalue weighted by molar-refractivity contribution is 0.0989. The van der Waals surface area contributed by atoms with E-state index in [1.807, 2.05) is 55.7 Å². The van der Waals surface area contributed by atoms with Gasteiger partial charge in [-0.2, -0.15) is 4.98 Å². The molecule has 2 aromatic carbocycles. The van der Waals surface area contributed by atoms with Crippen molar-refractivity contribution in [2.45, 2.75) is 32.9 Å². The lowest BCUT2D eigenvalue weighted by Gasteiger charge is -2.29. The first kappa shape index (κ1) is 26.9. The van der Waals surface area contributed by atoms with Gasteiger partial charge in [-0.25, -0.2) is 9.97 Å². The van der Waals surface area contributed by atoms with Crippen LogP contribution >= 0.6 is 23.2 Å². The fraction of sp³-hybridized carbons (Fsp3) is 0.286. The van der Waals surface area contributed by atoms with E-state index >= 15 is 0 Å². The van der Waals surface area contributed by atoms with Crippen molar-refractivity contribution in [2.24, 2.45) is 0 Å². The third kappa shape index (κ3) is 4.82. The number of hydrogen-bond donors (Lipinski definition) is 2. The van der Waals surface area contributed by atoms with Crippen molar-refractivity contribution in [1.29, 1.82) is 0 Å². The average molecular weight is 567 g/mol. The normalized spacial score (nSPS) is 14.7. The van der Waals surface area contributed by atoms with Crippen LogP contribution in [0.5, 0.6) is 5.88 Å². The SMILES string of the molecule is COc1nc(NCCO)ncc1-c1nc2c(n1C(C)C)C(c1ccc(Cl)cc1)N(c1cc(Cl)ccc1C)C2=O. The molecule has 0 saturated heterocycles. The number of aliphatic hydroxyl groups is 1. The molecule has 202 valence electrons. The zero-order valence-electron chi connectivity index (χ0n) is 21.9. The second kappa shape index (κ2) is 10.8. The summed E-state index contributed by atoms with van der Waals surface area (Å²) in [5, 5.41) is 13.2. The Hall–Kier alpha value is -3.66. The topological polar surface area (TPSA) is 105 Å². The number of carbonyl (C=O) groups excluding carboxylic acids is 1. The number of nitrogens with zero attached hydrogens (tertiary/aromatic N) is 5. The summed E-state index contributed by atoms with van der Waals surface area (Å²) < 4.78 is 7.63. The Kier molecular flexibility index (Phi) is 7.48. The smallest absolute Gasteiger partial charge is 0.279 e. The van der Waals surface area contributed by atoms with E-state index in [1.165, 1.54) is 7.11 Å². The molecule has 1 amide bonds. The number of aryl methyl sites for hydroxylation is 1. The number of carbonyl (C=O) groups is 1. The van der Waals surface area contributed by atoms with Gasteiger partial charge in [-0.1, -0.05) is 41.4 Å². The predicted octanol–water partition coefficient (Wildman–Crippen LogP) is 5.70. The minimum absolute atomic E-state index is 0.0608. The maximum Gasteiger partial charge on any atom is 0.279 e. The molecule has 39 heavy (non-hydrogen) atoms. The van der Waals surface area contributed by atoms with Gasteiger partial charge in [0.05, 0.1) is 25.0 Å². The number of imidazole rings is 1. The lowest BCUT2D eigenvalue weighted by Crippen LogP contribution is -2.31. The molecule has 1 aliphatic rings. The van der Waals surface area contributed by atoms with Gasteiger partial charge in [0, 0.05) is 34.5 Å². The van der Waals surface area contributed by atoms with Crippen LogP contribution in [0.25, 0.3) is 11.4 Å². The molecular weight excluding hydrogens is 539 g/mol. The van der Waals surface area contributed by atoms with Crippen molar-refractivity contribution in [1.82, 2.24) is 19.5 Å². The molecule has 11 heteroatoms. The van der Waals surface area contributed by atoms with E-state index in [4.69, 9.17) is 38.0 Å². The molecule has 0 fully saturated rings. The molecule has 0 radical (unpaired) electrons. The van der Waals surface area contributed by atoms with Crippen molar-refractivity contribution in [3.63, 3.8) is 0 Å². The fourth-order valence-electron chi connectivity index (χ4n) is 4.90. The molecule has 0 saturated carbocycles. The Morgan fingerprint density at radius 1 is 1.10 bits per heavy atom. The Labute approximate surface area is 236 Å². The largest absolute Gasteiger partial charge is 0.480 e. The molecule has 0 spiro atoms. The van der Waals surface area contributed by atoms with Gasteiger partial charge in [0.15, 0.2) is 5.69 Å². The van der Waals surface area contributed by atoms with Crippen LogP contribution in [0.2, 0.25) is 10.0 Å². The van der Waals surface area contributed by atoms with Gasteiger partial charge in [-0.05, 0) is 56.2 Å². The van der Waals surface area contributed by atoms with Crippen LogP contribution in [0.3, 0.4) is 0 Å². The van der Waals surface area contributed by atoms with Gasteiger partial charge in [-0.15, -0.1) is 0 Å². The fourth-order valence-corrected chi connectivity index (χ4v) is 5.19. The van der Waals surface area contributed by atoms with Crippen molar-refractivity contribution in [3.8, 4) is 17.3 Å². The number of anilines is 2. The Bertz CT molecular complexity index is 1540. The average Bonchev–Trinajstić information content (AvgIpc) is 3.44. The highest BCUT2D eigenvalue weighted by atomic mass is 35.5. The van der Waals surface area contributed by atoms with Gasteiger partial charge >= 0.3 is 0 Å². The van der Waals surface area contributed by atoms with Crippen molar-refractivity contribution in [3.05, 3.63) is 81.2 Å². The highest BCUT2D eigenvalue weighted by Crippen LogP contribution is 2.46. The first-order valence-corrected chi connectivity index (χ1v) is 13.2. The number of benzene rings is 2. The van der Waals surface area contributed by atoms with Crippen molar-refractivity contribution < 1.29 is 14.6 Å². The van der Waals surface area contributed by atoms with E-state index in [2.05, 4.69) is 15.3 Å². The third-order valence-electron chi connectivity index (χ3n) is 6.60. The van der Waals surface area contributed by atoms with Gasteiger partial charge < -0.3 is 19.7 Å². The number of aromatic nitrogens is 4. The van der Waals surface area contributed by atoms with Gasteiger partial charge in [0.1, 0.15) is 11.9 Å². The number of nitrogens with one attached hydrogen (secondary N) is 1. The van der Waals surface area contributed by atoms with Crippen LogP contribution in [0.1, 0.15) is 53.2 Å². The second-order valence-electron chi connectivity index (χ2n) is 9.46. The summed E-state index contributed by atoms with van der Waals surface area (Å²) in [5.41, 5.74) is 4.13. The number of hydrogen-bond acceptors (Lipinski definition) is 7. The summed E-state index contributed by atoms with van der Waals surface area (Å²) in [5.74, 6) is 0.902. The van der Waals surface area contributed by atoms with Crippen LogP contribution in [-0.4, -0.2) is 50.8 Å². The van der Waals surface area contributed by atoms with Gasteiger partial charge in [-0.3, -0.25) is 9.69 Å². The van der Waals surface area contributed by atoms with Crippen LogP contribution in [0, 0.1) is 6.92 Å². The third-order valence-corrected chi connectivity index (χ3v) is 7.09. The molecular formula is C28H28Cl2N6O3. The van der Waals surface area contributed by atoms with Crippen LogP contribution < -0.4 is 15.0 Å². The Morgan fingerprint density at radius 3 is 2.49 bits per heavy atom. The van der Waals surface area contributed by atoms with Crippen LogP contribution in [0.15, 0.2) is 48.7 Å². The van der Waals surface area contributed by atoms with Crippen LogP contribution in [-0.2, 0) is 0 Å². The molecule has 0 aliphatic carbocycles. The Morgan fingerprint density at radius 2 is 1.82 bits per heavy atom. The Balaban J connectivity index is 1.74. The number of methoxy groups -OCH3 is 1.